The summed E-state index contributed by atoms with van der Waals surface area (Å²) in [7, 11) is 0. The molecule has 100 valence electrons. The van der Waals surface area contributed by atoms with E-state index in [4.69, 9.17) is 11.1 Å². The normalized spacial score (nSPS) is 9.65. The molecule has 2 rings (SSSR count). The van der Waals surface area contributed by atoms with Crippen LogP contribution in [0.25, 0.3) is 0 Å². The van der Waals surface area contributed by atoms with Crippen molar-refractivity contribution in [2.45, 2.75) is 0 Å². The van der Waals surface area contributed by atoms with Crippen molar-refractivity contribution in [1.29, 1.82) is 5.26 Å². The fourth-order valence-corrected chi connectivity index (χ4v) is 2.05. The predicted molar refractivity (Wildman–Crippen MR) is 78.9 cm³/mol. The highest BCUT2D eigenvalue weighted by molar-refractivity contribution is 9.10. The number of nitrogens with zero attached hydrogens (tertiary/aromatic N) is 2. The molecule has 7 heteroatoms. The number of nitriles is 1. The van der Waals surface area contributed by atoms with Gasteiger partial charge in [-0.1, -0.05) is 0 Å². The minimum absolute atomic E-state index is 0.325. The number of hydrogen-bond donors (Lipinski definition) is 3. The van der Waals surface area contributed by atoms with E-state index in [2.05, 4.69) is 31.7 Å². The molecule has 0 unspecified atom stereocenters. The number of nitrogens with two attached hydrogens (primary N) is 1. The van der Waals surface area contributed by atoms with Gasteiger partial charge in [-0.05, 0) is 40.2 Å². The first kappa shape index (κ1) is 14.0. The van der Waals surface area contributed by atoms with Crippen molar-refractivity contribution in [1.82, 2.24) is 4.98 Å². The lowest BCUT2D eigenvalue weighted by Gasteiger charge is -2.10. The molecular formula is C13H10BrN5O. The smallest absolute Gasteiger partial charge is 0.259 e. The molecule has 0 fully saturated rings. The minimum atomic E-state index is -0.351. The van der Waals surface area contributed by atoms with Crippen LogP contribution in [0.2, 0.25) is 0 Å². The van der Waals surface area contributed by atoms with Crippen molar-refractivity contribution in [3.8, 4) is 6.07 Å². The third-order valence-corrected chi connectivity index (χ3v) is 3.22. The Labute approximate surface area is 123 Å². The summed E-state index contributed by atoms with van der Waals surface area (Å²) in [5, 5.41) is 11.5. The van der Waals surface area contributed by atoms with E-state index in [1.807, 2.05) is 6.07 Å². The summed E-state index contributed by atoms with van der Waals surface area (Å²) < 4.78 is 0.621. The van der Waals surface area contributed by atoms with Crippen LogP contribution in [-0.4, -0.2) is 10.9 Å². The summed E-state index contributed by atoms with van der Waals surface area (Å²) >= 11 is 3.30. The summed E-state index contributed by atoms with van der Waals surface area (Å²) in [6.07, 6.45) is 2.95. The highest BCUT2D eigenvalue weighted by atomic mass is 79.9. The summed E-state index contributed by atoms with van der Waals surface area (Å²) in [6.45, 7) is 0. The Kier molecular flexibility index (Phi) is 4.30. The molecule has 0 aliphatic rings. The molecule has 4 N–H and O–H groups in total. The molecule has 6 nitrogen and oxygen atoms in total. The van der Waals surface area contributed by atoms with Gasteiger partial charge < -0.3 is 10.7 Å². The van der Waals surface area contributed by atoms with Crippen molar-refractivity contribution in [3.63, 3.8) is 0 Å². The van der Waals surface area contributed by atoms with Crippen LogP contribution < -0.4 is 16.6 Å². The quantitative estimate of drug-likeness (QED) is 0.591. The lowest BCUT2D eigenvalue weighted by molar-refractivity contribution is 0.102. The van der Waals surface area contributed by atoms with Gasteiger partial charge in [0, 0.05) is 16.9 Å². The number of amides is 1. The van der Waals surface area contributed by atoms with Crippen molar-refractivity contribution in [2.24, 2.45) is 5.84 Å². The molecule has 2 aromatic rings. The van der Waals surface area contributed by atoms with E-state index in [1.54, 1.807) is 24.3 Å². The van der Waals surface area contributed by atoms with Gasteiger partial charge in [0.2, 0.25) is 0 Å². The van der Waals surface area contributed by atoms with Crippen LogP contribution in [0.15, 0.2) is 41.1 Å². The third kappa shape index (κ3) is 2.93. The van der Waals surface area contributed by atoms with Gasteiger partial charge >= 0.3 is 0 Å². The average Bonchev–Trinajstić information content (AvgIpc) is 2.49. The lowest BCUT2D eigenvalue weighted by atomic mass is 10.2. The van der Waals surface area contributed by atoms with Gasteiger partial charge in [0.05, 0.1) is 28.6 Å². The second-order valence-corrected chi connectivity index (χ2v) is 4.68. The molecule has 0 aliphatic heterocycles. The van der Waals surface area contributed by atoms with E-state index >= 15 is 0 Å². The second kappa shape index (κ2) is 6.14. The molecule has 1 heterocycles. The molecule has 1 aromatic carbocycles. The Morgan fingerprint density at radius 2 is 2.15 bits per heavy atom. The predicted octanol–water partition coefficient (Wildman–Crippen LogP) is 2.25. The number of carbonyl (C=O) groups excluding carboxylic acids is 1. The van der Waals surface area contributed by atoms with Gasteiger partial charge in [0.25, 0.3) is 5.91 Å². The van der Waals surface area contributed by atoms with E-state index in [1.165, 1.54) is 12.4 Å². The number of aromatic nitrogens is 1. The zero-order valence-electron chi connectivity index (χ0n) is 10.2. The summed E-state index contributed by atoms with van der Waals surface area (Å²) in [5.74, 6) is 5.00. The van der Waals surface area contributed by atoms with Crippen LogP contribution in [0.4, 0.5) is 11.4 Å². The van der Waals surface area contributed by atoms with Crippen molar-refractivity contribution < 1.29 is 4.79 Å². The van der Waals surface area contributed by atoms with Gasteiger partial charge in [-0.15, -0.1) is 0 Å². The van der Waals surface area contributed by atoms with E-state index in [0.717, 1.165) is 0 Å². The van der Waals surface area contributed by atoms with E-state index < -0.39 is 0 Å². The Balaban J connectivity index is 2.26. The van der Waals surface area contributed by atoms with Crippen LogP contribution in [0.3, 0.4) is 0 Å². The van der Waals surface area contributed by atoms with Gasteiger partial charge in [-0.3, -0.25) is 15.6 Å². The first-order valence-corrected chi connectivity index (χ1v) is 6.36. The van der Waals surface area contributed by atoms with E-state index in [0.29, 0.717) is 27.0 Å². The van der Waals surface area contributed by atoms with Crippen LogP contribution in [0.5, 0.6) is 0 Å². The highest BCUT2D eigenvalue weighted by Crippen LogP contribution is 2.24. The molecule has 20 heavy (non-hydrogen) atoms. The number of nitrogen functional groups attached to an aromatic ring is 1. The SMILES string of the molecule is N#Cc1ccc(NC(=O)c2cnccc2NN)c(Br)c1. The average molecular weight is 332 g/mol. The van der Waals surface area contributed by atoms with Crippen LogP contribution in [0.1, 0.15) is 15.9 Å². The van der Waals surface area contributed by atoms with Crippen LogP contribution in [0, 0.1) is 11.3 Å². The molecule has 1 amide bonds. The molecule has 0 radical (unpaired) electrons. The largest absolute Gasteiger partial charge is 0.323 e. The number of anilines is 2. The number of halogens is 1. The fraction of sp³-hybridized carbons (Fsp3) is 0. The van der Waals surface area contributed by atoms with Gasteiger partial charge in [-0.25, -0.2) is 0 Å². The molecule has 0 saturated heterocycles. The lowest BCUT2D eigenvalue weighted by Crippen LogP contribution is -2.17. The highest BCUT2D eigenvalue weighted by Gasteiger charge is 2.12. The molecule has 0 spiro atoms. The fourth-order valence-electron chi connectivity index (χ4n) is 1.58. The van der Waals surface area contributed by atoms with Gasteiger partial charge in [-0.2, -0.15) is 5.26 Å². The number of nitrogens with one attached hydrogen (secondary N) is 2. The maximum Gasteiger partial charge on any atom is 0.259 e. The Morgan fingerprint density at radius 1 is 1.35 bits per heavy atom. The molecular weight excluding hydrogens is 322 g/mol. The Bertz CT molecular complexity index is 695. The first-order chi connectivity index (χ1) is 9.65. The van der Waals surface area contributed by atoms with Crippen LogP contribution in [-0.2, 0) is 0 Å². The van der Waals surface area contributed by atoms with Crippen molar-refractivity contribution in [2.75, 3.05) is 10.7 Å². The number of hydrazine groups is 1. The summed E-state index contributed by atoms with van der Waals surface area (Å²) in [6, 6.07) is 8.51. The summed E-state index contributed by atoms with van der Waals surface area (Å²) in [4.78, 5) is 16.1. The Morgan fingerprint density at radius 3 is 2.80 bits per heavy atom. The number of rotatable bonds is 3. The summed E-state index contributed by atoms with van der Waals surface area (Å²) in [5.41, 5.74) is 4.30. The van der Waals surface area contributed by atoms with E-state index in [-0.39, 0.29) is 5.91 Å². The first-order valence-electron chi connectivity index (χ1n) is 5.57. The van der Waals surface area contributed by atoms with Gasteiger partial charge in [0.1, 0.15) is 0 Å². The molecule has 0 atom stereocenters. The minimum Gasteiger partial charge on any atom is -0.323 e. The second-order valence-electron chi connectivity index (χ2n) is 3.83. The topological polar surface area (TPSA) is 104 Å². The zero-order chi connectivity index (χ0) is 14.5. The number of benzene rings is 1. The molecule has 0 saturated carbocycles. The third-order valence-electron chi connectivity index (χ3n) is 2.57. The van der Waals surface area contributed by atoms with Crippen molar-refractivity contribution >= 4 is 33.2 Å². The van der Waals surface area contributed by atoms with Gasteiger partial charge in [0.15, 0.2) is 0 Å². The number of carbonyl (C=O) groups is 1. The molecule has 0 aliphatic carbocycles. The molecule has 0 bridgehead atoms. The zero-order valence-corrected chi connectivity index (χ0v) is 11.8. The van der Waals surface area contributed by atoms with Crippen LogP contribution >= 0.6 is 15.9 Å². The maximum absolute atomic E-state index is 12.2. The standard InChI is InChI=1S/C13H10BrN5O/c14-10-5-8(6-15)1-2-12(10)18-13(20)9-7-17-4-3-11(9)19-16/h1-5,7H,16H2,(H,17,19)(H,18,20). The molecule has 1 aromatic heterocycles. The number of hydrogen-bond acceptors (Lipinski definition) is 5. The van der Waals surface area contributed by atoms with E-state index in [9.17, 15) is 4.79 Å². The number of pyridine rings is 1. The van der Waals surface area contributed by atoms with Crippen molar-refractivity contribution in [3.05, 3.63) is 52.3 Å². The monoisotopic (exact) mass is 331 g/mol. The Hall–Kier alpha value is -2.43. The maximum atomic E-state index is 12.2.